The van der Waals surface area contributed by atoms with Gasteiger partial charge in [0, 0.05) is 31.1 Å². The molecule has 1 aliphatic rings. The van der Waals surface area contributed by atoms with Crippen LogP contribution in [-0.2, 0) is 4.79 Å². The summed E-state index contributed by atoms with van der Waals surface area (Å²) < 4.78 is 0. The summed E-state index contributed by atoms with van der Waals surface area (Å²) in [5.41, 5.74) is 1.80. The number of nitrogens with zero attached hydrogens (tertiary/aromatic N) is 1. The number of aryl methyl sites for hydroxylation is 1. The standard InChI is InChI=1S/C18H26N2O2/c1-3-4-8-17(21)20-11-9-16(10-12-20)19-18(22)15-7-5-6-14(2)13-15/h5-7,13,16H,3-4,8-12H2,1-2H3,(H,19,22). The van der Waals surface area contributed by atoms with E-state index in [-0.39, 0.29) is 17.9 Å². The minimum Gasteiger partial charge on any atom is -0.349 e. The number of piperidine rings is 1. The van der Waals surface area contributed by atoms with Crippen LogP contribution in [0.25, 0.3) is 0 Å². The van der Waals surface area contributed by atoms with Crippen molar-refractivity contribution in [2.45, 2.75) is 52.0 Å². The Morgan fingerprint density at radius 1 is 1.27 bits per heavy atom. The number of rotatable bonds is 5. The van der Waals surface area contributed by atoms with Crippen LogP contribution in [0.2, 0.25) is 0 Å². The fourth-order valence-electron chi connectivity index (χ4n) is 2.81. The van der Waals surface area contributed by atoms with Crippen molar-refractivity contribution in [3.63, 3.8) is 0 Å². The zero-order chi connectivity index (χ0) is 15.9. The Bertz CT molecular complexity index is 520. The summed E-state index contributed by atoms with van der Waals surface area (Å²) in [6, 6.07) is 7.80. The Labute approximate surface area is 132 Å². The van der Waals surface area contributed by atoms with Gasteiger partial charge in [-0.25, -0.2) is 0 Å². The van der Waals surface area contributed by atoms with Gasteiger partial charge in [0.05, 0.1) is 0 Å². The molecule has 1 aromatic rings. The maximum Gasteiger partial charge on any atom is 0.251 e. The average Bonchev–Trinajstić information content (AvgIpc) is 2.53. The number of carbonyl (C=O) groups is 2. The highest BCUT2D eigenvalue weighted by molar-refractivity contribution is 5.94. The molecule has 0 saturated carbocycles. The summed E-state index contributed by atoms with van der Waals surface area (Å²) in [5, 5.41) is 3.09. The van der Waals surface area contributed by atoms with Gasteiger partial charge in [0.15, 0.2) is 0 Å². The molecule has 0 aliphatic carbocycles. The molecule has 0 spiro atoms. The first-order valence-corrected chi connectivity index (χ1v) is 8.25. The number of carbonyl (C=O) groups excluding carboxylic acids is 2. The Morgan fingerprint density at radius 2 is 2.00 bits per heavy atom. The molecule has 0 aromatic heterocycles. The molecular formula is C18H26N2O2. The summed E-state index contributed by atoms with van der Waals surface area (Å²) in [6.45, 7) is 5.58. The van der Waals surface area contributed by atoms with E-state index in [9.17, 15) is 9.59 Å². The fourth-order valence-corrected chi connectivity index (χ4v) is 2.81. The van der Waals surface area contributed by atoms with Crippen molar-refractivity contribution < 1.29 is 9.59 Å². The lowest BCUT2D eigenvalue weighted by atomic mass is 10.0. The van der Waals surface area contributed by atoms with Crippen LogP contribution in [0.3, 0.4) is 0 Å². The van der Waals surface area contributed by atoms with Crippen molar-refractivity contribution in [2.24, 2.45) is 0 Å². The molecule has 1 heterocycles. The number of likely N-dealkylation sites (tertiary alicyclic amines) is 1. The molecule has 2 amide bonds. The molecule has 1 saturated heterocycles. The molecule has 1 N–H and O–H groups in total. The Hall–Kier alpha value is -1.84. The third-order valence-corrected chi connectivity index (χ3v) is 4.21. The maximum atomic E-state index is 12.2. The molecule has 0 unspecified atom stereocenters. The van der Waals surface area contributed by atoms with Crippen molar-refractivity contribution >= 4 is 11.8 Å². The number of benzene rings is 1. The topological polar surface area (TPSA) is 49.4 Å². The quantitative estimate of drug-likeness (QED) is 0.909. The molecule has 0 bridgehead atoms. The second kappa shape index (κ2) is 7.97. The van der Waals surface area contributed by atoms with E-state index in [0.29, 0.717) is 12.0 Å². The van der Waals surface area contributed by atoms with Gasteiger partial charge in [0.25, 0.3) is 5.91 Å². The molecule has 0 radical (unpaired) electrons. The monoisotopic (exact) mass is 302 g/mol. The van der Waals surface area contributed by atoms with Crippen molar-refractivity contribution in [1.82, 2.24) is 10.2 Å². The Morgan fingerprint density at radius 3 is 2.64 bits per heavy atom. The van der Waals surface area contributed by atoms with Gasteiger partial charge < -0.3 is 10.2 Å². The van der Waals surface area contributed by atoms with E-state index in [1.807, 2.05) is 36.1 Å². The molecule has 1 aromatic carbocycles. The minimum atomic E-state index is -0.0144. The highest BCUT2D eigenvalue weighted by atomic mass is 16.2. The largest absolute Gasteiger partial charge is 0.349 e. The SMILES string of the molecule is CCCCC(=O)N1CCC(NC(=O)c2cccc(C)c2)CC1. The number of unbranched alkanes of at least 4 members (excludes halogenated alkanes) is 1. The summed E-state index contributed by atoms with van der Waals surface area (Å²) in [4.78, 5) is 26.1. The second-order valence-electron chi connectivity index (χ2n) is 6.10. The molecule has 4 heteroatoms. The summed E-state index contributed by atoms with van der Waals surface area (Å²) in [6.07, 6.45) is 4.35. The lowest BCUT2D eigenvalue weighted by Crippen LogP contribution is -2.46. The van der Waals surface area contributed by atoms with Crippen molar-refractivity contribution in [2.75, 3.05) is 13.1 Å². The highest BCUT2D eigenvalue weighted by Gasteiger charge is 2.23. The van der Waals surface area contributed by atoms with Gasteiger partial charge in [-0.2, -0.15) is 0 Å². The summed E-state index contributed by atoms with van der Waals surface area (Å²) in [5.74, 6) is 0.241. The molecular weight excluding hydrogens is 276 g/mol. The zero-order valence-corrected chi connectivity index (χ0v) is 13.6. The normalized spacial score (nSPS) is 15.6. The Balaban J connectivity index is 1.80. The molecule has 120 valence electrons. The number of nitrogens with one attached hydrogen (secondary N) is 1. The third kappa shape index (κ3) is 4.58. The predicted octanol–water partition coefficient (Wildman–Crippen LogP) is 2.91. The first-order valence-electron chi connectivity index (χ1n) is 8.25. The summed E-state index contributed by atoms with van der Waals surface area (Å²) >= 11 is 0. The van der Waals surface area contributed by atoms with Crippen LogP contribution in [0.1, 0.15) is 54.9 Å². The van der Waals surface area contributed by atoms with E-state index in [1.54, 1.807) is 0 Å². The zero-order valence-electron chi connectivity index (χ0n) is 13.6. The van der Waals surface area contributed by atoms with Crippen molar-refractivity contribution in [3.05, 3.63) is 35.4 Å². The van der Waals surface area contributed by atoms with Gasteiger partial charge in [-0.3, -0.25) is 9.59 Å². The van der Waals surface area contributed by atoms with E-state index in [1.165, 1.54) is 0 Å². The first-order chi connectivity index (χ1) is 10.6. The van der Waals surface area contributed by atoms with E-state index in [4.69, 9.17) is 0 Å². The fraction of sp³-hybridized carbons (Fsp3) is 0.556. The van der Waals surface area contributed by atoms with Gasteiger partial charge in [-0.1, -0.05) is 31.0 Å². The van der Waals surface area contributed by atoms with Crippen LogP contribution in [-0.4, -0.2) is 35.8 Å². The van der Waals surface area contributed by atoms with Gasteiger partial charge >= 0.3 is 0 Å². The summed E-state index contributed by atoms with van der Waals surface area (Å²) in [7, 11) is 0. The number of amides is 2. The van der Waals surface area contributed by atoms with Crippen LogP contribution in [0, 0.1) is 6.92 Å². The lowest BCUT2D eigenvalue weighted by molar-refractivity contribution is -0.132. The van der Waals surface area contributed by atoms with E-state index in [2.05, 4.69) is 12.2 Å². The molecule has 0 atom stereocenters. The Kier molecular flexibility index (Phi) is 5.99. The van der Waals surface area contributed by atoms with E-state index in [0.717, 1.165) is 44.3 Å². The average molecular weight is 302 g/mol. The van der Waals surface area contributed by atoms with Crippen LogP contribution >= 0.6 is 0 Å². The maximum absolute atomic E-state index is 12.2. The van der Waals surface area contributed by atoms with Crippen LogP contribution < -0.4 is 5.32 Å². The smallest absolute Gasteiger partial charge is 0.251 e. The molecule has 4 nitrogen and oxygen atoms in total. The van der Waals surface area contributed by atoms with Gasteiger partial charge in [0.1, 0.15) is 0 Å². The van der Waals surface area contributed by atoms with Crippen LogP contribution in [0.4, 0.5) is 0 Å². The van der Waals surface area contributed by atoms with Crippen molar-refractivity contribution in [3.8, 4) is 0 Å². The van der Waals surface area contributed by atoms with E-state index >= 15 is 0 Å². The van der Waals surface area contributed by atoms with E-state index < -0.39 is 0 Å². The second-order valence-corrected chi connectivity index (χ2v) is 6.10. The van der Waals surface area contributed by atoms with Gasteiger partial charge in [0.2, 0.25) is 5.91 Å². The number of hydrogen-bond acceptors (Lipinski definition) is 2. The van der Waals surface area contributed by atoms with Crippen LogP contribution in [0.15, 0.2) is 24.3 Å². The molecule has 2 rings (SSSR count). The van der Waals surface area contributed by atoms with Crippen LogP contribution in [0.5, 0.6) is 0 Å². The molecule has 1 aliphatic heterocycles. The lowest BCUT2D eigenvalue weighted by Gasteiger charge is -2.32. The molecule has 1 fully saturated rings. The number of hydrogen-bond donors (Lipinski definition) is 1. The third-order valence-electron chi connectivity index (χ3n) is 4.21. The van der Waals surface area contributed by atoms with Gasteiger partial charge in [-0.15, -0.1) is 0 Å². The minimum absolute atomic E-state index is 0.0144. The van der Waals surface area contributed by atoms with Crippen molar-refractivity contribution in [1.29, 1.82) is 0 Å². The van der Waals surface area contributed by atoms with Gasteiger partial charge in [-0.05, 0) is 38.3 Å². The first kappa shape index (κ1) is 16.5. The highest BCUT2D eigenvalue weighted by Crippen LogP contribution is 2.13. The molecule has 22 heavy (non-hydrogen) atoms. The predicted molar refractivity (Wildman–Crippen MR) is 87.8 cm³/mol.